The zero-order chi connectivity index (χ0) is 30.0. The number of nitrogens with zero attached hydrogens (tertiary/aromatic N) is 9. The van der Waals surface area contributed by atoms with Gasteiger partial charge in [0.2, 0.25) is 11.9 Å². The van der Waals surface area contributed by atoms with Gasteiger partial charge in [-0.3, -0.25) is 23.4 Å². The molecule has 0 amide bonds. The third-order valence-electron chi connectivity index (χ3n) is 7.84. The van der Waals surface area contributed by atoms with Crippen molar-refractivity contribution in [2.75, 3.05) is 55.6 Å². The Balaban J connectivity index is 1.28. The van der Waals surface area contributed by atoms with Gasteiger partial charge < -0.3 is 15.5 Å². The molecule has 15 heteroatoms. The second kappa shape index (κ2) is 12.1. The smallest absolute Gasteiger partial charge is 0.341 e. The Morgan fingerprint density at radius 2 is 1.74 bits per heavy atom. The number of hydrogen-bond donors (Lipinski definition) is 1. The molecule has 226 valence electrons. The summed E-state index contributed by atoms with van der Waals surface area (Å²) in [6, 6.07) is 0.00840. The van der Waals surface area contributed by atoms with Crippen LogP contribution in [0.15, 0.2) is 22.0 Å². The van der Waals surface area contributed by atoms with E-state index in [-0.39, 0.29) is 25.1 Å². The molecule has 3 aromatic rings. The lowest BCUT2D eigenvalue weighted by molar-refractivity contribution is -0.138. The normalized spacial score (nSPS) is 18.4. The molecule has 0 spiro atoms. The molecule has 42 heavy (non-hydrogen) atoms. The predicted octanol–water partition coefficient (Wildman–Crippen LogP) is 0.869. The van der Waals surface area contributed by atoms with Crippen molar-refractivity contribution < 1.29 is 13.2 Å². The van der Waals surface area contributed by atoms with Gasteiger partial charge in [-0.05, 0) is 32.7 Å². The number of hydrogen-bond acceptors (Lipinski definition) is 9. The van der Waals surface area contributed by atoms with Crippen LogP contribution in [0.3, 0.4) is 0 Å². The summed E-state index contributed by atoms with van der Waals surface area (Å²) < 4.78 is 42.9. The van der Waals surface area contributed by atoms with Crippen LogP contribution in [0.2, 0.25) is 0 Å². The average molecular weight is 589 g/mol. The highest BCUT2D eigenvalue weighted by molar-refractivity contribution is 5.75. The van der Waals surface area contributed by atoms with Crippen LogP contribution in [-0.2, 0) is 26.3 Å². The Morgan fingerprint density at radius 1 is 1.02 bits per heavy atom. The van der Waals surface area contributed by atoms with E-state index in [4.69, 9.17) is 10.7 Å². The molecule has 2 N–H and O–H groups in total. The van der Waals surface area contributed by atoms with E-state index in [0.29, 0.717) is 62.8 Å². The molecule has 0 aliphatic carbocycles. The van der Waals surface area contributed by atoms with Crippen molar-refractivity contribution in [3.05, 3.63) is 38.8 Å². The second-order valence-electron chi connectivity index (χ2n) is 10.7. The summed E-state index contributed by atoms with van der Waals surface area (Å²) in [6.45, 7) is 6.68. The summed E-state index contributed by atoms with van der Waals surface area (Å²) in [5, 5.41) is 0. The molecule has 1 atom stereocenters. The Kier molecular flexibility index (Phi) is 8.55. The van der Waals surface area contributed by atoms with Crippen LogP contribution in [0.5, 0.6) is 0 Å². The van der Waals surface area contributed by atoms with E-state index in [9.17, 15) is 22.8 Å². The van der Waals surface area contributed by atoms with E-state index in [1.165, 1.54) is 9.13 Å². The number of imidazole rings is 1. The van der Waals surface area contributed by atoms with Crippen LogP contribution in [0.1, 0.15) is 31.7 Å². The molecular formula is C27H35F3N10O2. The number of halogens is 3. The second-order valence-corrected chi connectivity index (χ2v) is 10.7. The fourth-order valence-electron chi connectivity index (χ4n) is 5.55. The van der Waals surface area contributed by atoms with Crippen molar-refractivity contribution in [3.8, 4) is 11.8 Å². The summed E-state index contributed by atoms with van der Waals surface area (Å²) in [7, 11) is 1.62. The van der Waals surface area contributed by atoms with Gasteiger partial charge in [-0.25, -0.2) is 14.8 Å². The molecule has 0 aromatic carbocycles. The van der Waals surface area contributed by atoms with Crippen molar-refractivity contribution in [1.29, 1.82) is 0 Å². The summed E-state index contributed by atoms with van der Waals surface area (Å²) in [5.74, 6) is 6.78. The Morgan fingerprint density at radius 3 is 2.38 bits per heavy atom. The first-order chi connectivity index (χ1) is 20.1. The number of nitrogens with two attached hydrogens (primary N) is 1. The quantitative estimate of drug-likeness (QED) is 0.401. The highest BCUT2D eigenvalue weighted by Gasteiger charge is 2.32. The summed E-state index contributed by atoms with van der Waals surface area (Å²) in [6.07, 6.45) is -0.469. The van der Waals surface area contributed by atoms with Gasteiger partial charge in [0.15, 0.2) is 11.2 Å². The molecular weight excluding hydrogens is 553 g/mol. The number of rotatable bonds is 7. The number of anilines is 2. The van der Waals surface area contributed by atoms with Gasteiger partial charge in [0.25, 0.3) is 5.56 Å². The zero-order valence-corrected chi connectivity index (χ0v) is 23.8. The van der Waals surface area contributed by atoms with Gasteiger partial charge in [0.1, 0.15) is 0 Å². The Bertz CT molecular complexity index is 1590. The molecule has 2 aliphatic rings. The molecule has 5 heterocycles. The highest BCUT2D eigenvalue weighted by atomic mass is 19.4. The molecule has 5 rings (SSSR count). The first kappa shape index (κ1) is 29.6. The maximum atomic E-state index is 13.7. The van der Waals surface area contributed by atoms with Gasteiger partial charge in [-0.15, -0.1) is 5.92 Å². The van der Waals surface area contributed by atoms with E-state index in [0.717, 1.165) is 31.8 Å². The maximum Gasteiger partial charge on any atom is 0.419 e. The standard InChI is InChI=1S/C27H35F3N10O2/c1-3-4-10-39-21-22(34-25(39)38-9-5-7-20(31)18-38)35(2)26(42)40(23(21)41)11-6-8-36-12-14-37(15-13-36)24-32-16-19(17-33-24)27(28,29)30/h16-17,20H,5-15,18,31H2,1-2H3/t20-/m1/s1. The van der Waals surface area contributed by atoms with E-state index < -0.39 is 23.0 Å². The molecule has 3 aromatic heterocycles. The first-order valence-electron chi connectivity index (χ1n) is 14.0. The van der Waals surface area contributed by atoms with Crippen molar-refractivity contribution in [2.24, 2.45) is 12.8 Å². The summed E-state index contributed by atoms with van der Waals surface area (Å²) in [5.41, 5.74) is 5.19. The topological polar surface area (TPSA) is 123 Å². The first-order valence-corrected chi connectivity index (χ1v) is 14.0. The molecule has 12 nitrogen and oxygen atoms in total. The van der Waals surface area contributed by atoms with Gasteiger partial charge >= 0.3 is 11.9 Å². The van der Waals surface area contributed by atoms with Crippen LogP contribution < -0.4 is 26.8 Å². The maximum absolute atomic E-state index is 13.7. The zero-order valence-electron chi connectivity index (χ0n) is 23.8. The van der Waals surface area contributed by atoms with Crippen LogP contribution in [-0.4, -0.2) is 85.4 Å². The molecule has 2 fully saturated rings. The minimum absolute atomic E-state index is 0.00840. The van der Waals surface area contributed by atoms with Gasteiger partial charge in [-0.1, -0.05) is 5.92 Å². The number of piperazine rings is 1. The largest absolute Gasteiger partial charge is 0.419 e. The third-order valence-corrected chi connectivity index (χ3v) is 7.84. The number of fused-ring (bicyclic) bond motifs is 1. The number of aromatic nitrogens is 6. The minimum atomic E-state index is -4.47. The van der Waals surface area contributed by atoms with Crippen LogP contribution in [0, 0.1) is 11.8 Å². The minimum Gasteiger partial charge on any atom is -0.341 e. The average Bonchev–Trinajstić information content (AvgIpc) is 3.36. The molecule has 0 saturated carbocycles. The monoisotopic (exact) mass is 588 g/mol. The van der Waals surface area contributed by atoms with Crippen LogP contribution in [0.25, 0.3) is 11.2 Å². The fourth-order valence-corrected chi connectivity index (χ4v) is 5.55. The molecule has 0 unspecified atom stereocenters. The fraction of sp³-hybridized carbons (Fsp3) is 0.593. The Labute approximate surface area is 240 Å². The lowest BCUT2D eigenvalue weighted by atomic mass is 10.1. The Hall–Kier alpha value is -3.90. The van der Waals surface area contributed by atoms with Gasteiger partial charge in [0, 0.05) is 71.3 Å². The van der Waals surface area contributed by atoms with E-state index >= 15 is 0 Å². The van der Waals surface area contributed by atoms with Crippen LogP contribution in [0.4, 0.5) is 25.1 Å². The van der Waals surface area contributed by atoms with Gasteiger partial charge in [-0.2, -0.15) is 18.2 Å². The highest BCUT2D eigenvalue weighted by Crippen LogP contribution is 2.28. The molecule has 0 bridgehead atoms. The molecule has 0 radical (unpaired) electrons. The number of piperidine rings is 1. The van der Waals surface area contributed by atoms with Crippen molar-refractivity contribution in [3.63, 3.8) is 0 Å². The molecule has 2 aliphatic heterocycles. The van der Waals surface area contributed by atoms with Crippen molar-refractivity contribution in [1.82, 2.24) is 33.6 Å². The lowest BCUT2D eigenvalue weighted by Gasteiger charge is -2.34. The predicted molar refractivity (Wildman–Crippen MR) is 152 cm³/mol. The summed E-state index contributed by atoms with van der Waals surface area (Å²) >= 11 is 0. The lowest BCUT2D eigenvalue weighted by Crippen LogP contribution is -2.47. The number of alkyl halides is 3. The van der Waals surface area contributed by atoms with E-state index in [1.807, 2.05) is 4.90 Å². The van der Waals surface area contributed by atoms with Crippen molar-refractivity contribution >= 4 is 23.1 Å². The van der Waals surface area contributed by atoms with E-state index in [1.54, 1.807) is 18.5 Å². The summed E-state index contributed by atoms with van der Waals surface area (Å²) in [4.78, 5) is 45.5. The SMILES string of the molecule is CC#CCn1c(N2CCC[C@@H](N)C2)nc2c1c(=O)n(CCCN1CCN(c3ncc(C(F)(F)F)cn3)CC1)c(=O)n2C. The molecule has 2 saturated heterocycles. The number of aryl methyl sites for hydroxylation is 1. The van der Waals surface area contributed by atoms with Crippen LogP contribution >= 0.6 is 0 Å². The van der Waals surface area contributed by atoms with Gasteiger partial charge in [0.05, 0.1) is 12.1 Å². The van der Waals surface area contributed by atoms with Crippen molar-refractivity contribution in [2.45, 2.75) is 51.5 Å². The van der Waals surface area contributed by atoms with E-state index in [2.05, 4.69) is 31.6 Å². The third kappa shape index (κ3) is 6.00.